The van der Waals surface area contributed by atoms with E-state index in [-0.39, 0.29) is 19.6 Å². The van der Waals surface area contributed by atoms with Crippen LogP contribution in [0.25, 0.3) is 0 Å². The van der Waals surface area contributed by atoms with Gasteiger partial charge < -0.3 is 39.4 Å². The average molecular weight is 549 g/mol. The molecule has 9 nitrogen and oxygen atoms in total. The molecule has 0 radical (unpaired) electrons. The van der Waals surface area contributed by atoms with Crippen LogP contribution < -0.4 is 0 Å². The lowest BCUT2D eigenvalue weighted by molar-refractivity contribution is -0.183. The minimum Gasteiger partial charge on any atom is -0.431 e. The fourth-order valence-electron chi connectivity index (χ4n) is 4.78. The van der Waals surface area contributed by atoms with Gasteiger partial charge in [0, 0.05) is 20.1 Å². The van der Waals surface area contributed by atoms with Crippen LogP contribution in [-0.2, 0) is 18.9 Å². The smallest absolute Gasteiger partial charge is 0.431 e. The average Bonchev–Trinajstić information content (AvgIpc) is 2.90. The Morgan fingerprint density at radius 3 is 1.71 bits per heavy atom. The van der Waals surface area contributed by atoms with E-state index < -0.39 is 42.8 Å². The van der Waals surface area contributed by atoms with E-state index in [4.69, 9.17) is 18.9 Å². The van der Waals surface area contributed by atoms with Gasteiger partial charge in [-0.3, -0.25) is 0 Å². The number of ether oxygens (including phenoxy) is 4. The molecule has 0 aromatic carbocycles. The van der Waals surface area contributed by atoms with Crippen molar-refractivity contribution in [2.75, 3.05) is 26.9 Å². The van der Waals surface area contributed by atoms with Crippen molar-refractivity contribution in [2.45, 2.75) is 153 Å². The molecule has 0 aliphatic heterocycles. The second-order valence-corrected chi connectivity index (χ2v) is 10.7. The minimum atomic E-state index is -1.61. The summed E-state index contributed by atoms with van der Waals surface area (Å²) < 4.78 is 20.9. The molecule has 0 aromatic rings. The van der Waals surface area contributed by atoms with E-state index in [2.05, 4.69) is 6.92 Å². The Balaban J connectivity index is 1.94. The maximum absolute atomic E-state index is 11.9. The van der Waals surface area contributed by atoms with Crippen LogP contribution in [0, 0.1) is 0 Å². The molecule has 1 aliphatic carbocycles. The van der Waals surface area contributed by atoms with Gasteiger partial charge in [-0.1, -0.05) is 103 Å². The monoisotopic (exact) mass is 548 g/mol. The molecule has 0 spiro atoms. The Hall–Kier alpha value is -0.970. The first-order valence-corrected chi connectivity index (χ1v) is 15.1. The lowest BCUT2D eigenvalue weighted by atomic mass is 9.87. The van der Waals surface area contributed by atoms with Gasteiger partial charge in [-0.25, -0.2) is 4.79 Å². The van der Waals surface area contributed by atoms with Crippen molar-refractivity contribution < 1.29 is 44.2 Å². The summed E-state index contributed by atoms with van der Waals surface area (Å²) in [5.41, 5.74) is 0. The zero-order valence-electron chi connectivity index (χ0n) is 23.9. The standard InChI is InChI=1S/C29H56O9/c1-3-4-5-6-7-8-9-10-11-12-13-14-15-16-17-18-19-36-21-23(35-2)22-37-29(34)38-28-25(31)20-24(30)26(32)27(28)33/h23-28,30-33H,3-22H2,1-2H3/t23-,24-,25-,26+,27-,28-/m1/s1. The molecule has 6 atom stereocenters. The van der Waals surface area contributed by atoms with Crippen LogP contribution in [0.15, 0.2) is 0 Å². The molecule has 0 amide bonds. The van der Waals surface area contributed by atoms with Gasteiger partial charge in [0.1, 0.15) is 24.9 Å². The number of hydrogen-bond donors (Lipinski definition) is 4. The van der Waals surface area contributed by atoms with Gasteiger partial charge in [-0.05, 0) is 6.42 Å². The summed E-state index contributed by atoms with van der Waals surface area (Å²) in [5, 5.41) is 39.1. The van der Waals surface area contributed by atoms with Crippen LogP contribution in [0.4, 0.5) is 4.79 Å². The predicted molar refractivity (Wildman–Crippen MR) is 146 cm³/mol. The highest BCUT2D eigenvalue weighted by Crippen LogP contribution is 2.23. The van der Waals surface area contributed by atoms with Crippen LogP contribution in [0.1, 0.15) is 116 Å². The number of hydrogen-bond acceptors (Lipinski definition) is 9. The Kier molecular flexibility index (Phi) is 21.0. The maximum Gasteiger partial charge on any atom is 0.508 e. The fraction of sp³-hybridized carbons (Fsp3) is 0.966. The summed E-state index contributed by atoms with van der Waals surface area (Å²) in [6.45, 7) is 3.03. The summed E-state index contributed by atoms with van der Waals surface area (Å²) in [6.07, 6.45) is 12.2. The number of rotatable bonds is 23. The Bertz CT molecular complexity index is 562. The number of aliphatic hydroxyl groups excluding tert-OH is 4. The largest absolute Gasteiger partial charge is 0.508 e. The molecule has 226 valence electrons. The molecule has 0 bridgehead atoms. The third-order valence-corrected chi connectivity index (χ3v) is 7.34. The summed E-state index contributed by atoms with van der Waals surface area (Å²) in [7, 11) is 1.49. The molecule has 1 saturated carbocycles. The molecule has 4 N–H and O–H groups in total. The molecule has 38 heavy (non-hydrogen) atoms. The summed E-state index contributed by atoms with van der Waals surface area (Å²) >= 11 is 0. The quantitative estimate of drug-likeness (QED) is 0.106. The summed E-state index contributed by atoms with van der Waals surface area (Å²) in [4.78, 5) is 11.9. The van der Waals surface area contributed by atoms with Crippen molar-refractivity contribution in [2.24, 2.45) is 0 Å². The van der Waals surface area contributed by atoms with Gasteiger partial charge in [0.15, 0.2) is 6.10 Å². The van der Waals surface area contributed by atoms with Crippen molar-refractivity contribution in [3.8, 4) is 0 Å². The molecule has 0 aromatic heterocycles. The molecule has 1 fully saturated rings. The van der Waals surface area contributed by atoms with Gasteiger partial charge in [0.05, 0.1) is 18.8 Å². The minimum absolute atomic E-state index is 0.113. The van der Waals surface area contributed by atoms with E-state index in [1.165, 1.54) is 97.0 Å². The van der Waals surface area contributed by atoms with Crippen molar-refractivity contribution in [3.63, 3.8) is 0 Å². The molecular formula is C29H56O9. The van der Waals surface area contributed by atoms with Gasteiger partial charge in [0.25, 0.3) is 0 Å². The molecule has 1 rings (SSSR count). The van der Waals surface area contributed by atoms with E-state index in [1.807, 2.05) is 0 Å². The van der Waals surface area contributed by atoms with Crippen LogP contribution in [-0.4, -0.2) is 90.1 Å². The van der Waals surface area contributed by atoms with Gasteiger partial charge in [0.2, 0.25) is 0 Å². The third kappa shape index (κ3) is 16.2. The zero-order valence-corrected chi connectivity index (χ0v) is 23.9. The number of aliphatic hydroxyl groups is 4. The molecule has 9 heteroatoms. The summed E-state index contributed by atoms with van der Waals surface area (Å²) in [5.74, 6) is 0. The van der Waals surface area contributed by atoms with Crippen molar-refractivity contribution in [3.05, 3.63) is 0 Å². The SMILES string of the molecule is CCCCCCCCCCCCCCCCCCOC[C@H](COC(=O)O[C@H]1[C@H](O)[C@@H](O)[C@H](O)C[C@H]1O)OC. The van der Waals surface area contributed by atoms with E-state index >= 15 is 0 Å². The third-order valence-electron chi connectivity index (χ3n) is 7.34. The second-order valence-electron chi connectivity index (χ2n) is 10.7. The number of carbonyl (C=O) groups is 1. The molecule has 0 heterocycles. The van der Waals surface area contributed by atoms with Gasteiger partial charge in [-0.2, -0.15) is 0 Å². The van der Waals surface area contributed by atoms with Crippen molar-refractivity contribution in [1.29, 1.82) is 0 Å². The Labute approximate surface area is 230 Å². The van der Waals surface area contributed by atoms with Crippen molar-refractivity contribution in [1.82, 2.24) is 0 Å². The Morgan fingerprint density at radius 2 is 1.21 bits per heavy atom. The molecule has 1 aliphatic rings. The fourth-order valence-corrected chi connectivity index (χ4v) is 4.78. The normalized spacial score (nSPS) is 24.3. The number of unbranched alkanes of at least 4 members (excludes halogenated alkanes) is 15. The highest BCUT2D eigenvalue weighted by molar-refractivity contribution is 5.60. The first-order chi connectivity index (χ1) is 18.4. The van der Waals surface area contributed by atoms with Crippen LogP contribution in [0.5, 0.6) is 0 Å². The summed E-state index contributed by atoms with van der Waals surface area (Å²) in [6, 6.07) is 0. The van der Waals surface area contributed by atoms with Crippen molar-refractivity contribution >= 4 is 6.16 Å². The number of carbonyl (C=O) groups excluding carboxylic acids is 1. The van der Waals surface area contributed by atoms with Crippen LogP contribution >= 0.6 is 0 Å². The first kappa shape index (κ1) is 35.1. The predicted octanol–water partition coefficient (Wildman–Crippen LogP) is 4.65. The molecule has 0 saturated heterocycles. The first-order valence-electron chi connectivity index (χ1n) is 15.1. The van der Waals surface area contributed by atoms with E-state index in [9.17, 15) is 25.2 Å². The highest BCUT2D eigenvalue weighted by atomic mass is 16.7. The second kappa shape index (κ2) is 22.8. The topological polar surface area (TPSA) is 135 Å². The van der Waals surface area contributed by atoms with Gasteiger partial charge >= 0.3 is 6.16 Å². The number of methoxy groups -OCH3 is 1. The Morgan fingerprint density at radius 1 is 0.711 bits per heavy atom. The van der Waals surface area contributed by atoms with E-state index in [0.29, 0.717) is 6.61 Å². The van der Waals surface area contributed by atoms with Crippen LogP contribution in [0.3, 0.4) is 0 Å². The molecule has 0 unspecified atom stereocenters. The van der Waals surface area contributed by atoms with E-state index in [1.54, 1.807) is 0 Å². The highest BCUT2D eigenvalue weighted by Gasteiger charge is 2.44. The zero-order chi connectivity index (χ0) is 28.0. The van der Waals surface area contributed by atoms with E-state index in [0.717, 1.165) is 12.8 Å². The maximum atomic E-state index is 11.9. The molecular weight excluding hydrogens is 492 g/mol. The van der Waals surface area contributed by atoms with Crippen LogP contribution in [0.2, 0.25) is 0 Å². The lowest BCUT2D eigenvalue weighted by Crippen LogP contribution is -2.57. The lowest BCUT2D eigenvalue weighted by Gasteiger charge is -2.37. The van der Waals surface area contributed by atoms with Gasteiger partial charge in [-0.15, -0.1) is 0 Å².